The summed E-state index contributed by atoms with van der Waals surface area (Å²) < 4.78 is 0. The van der Waals surface area contributed by atoms with Crippen molar-refractivity contribution in [2.24, 2.45) is 5.73 Å². The summed E-state index contributed by atoms with van der Waals surface area (Å²) in [6, 6.07) is 7.46. The van der Waals surface area contributed by atoms with Crippen molar-refractivity contribution in [3.05, 3.63) is 24.3 Å². The fourth-order valence-corrected chi connectivity index (χ4v) is 1.98. The molecule has 0 saturated heterocycles. The second kappa shape index (κ2) is 6.83. The van der Waals surface area contributed by atoms with Gasteiger partial charge in [0.25, 0.3) is 0 Å². The number of para-hydroxylation sites is 2. The van der Waals surface area contributed by atoms with Crippen LogP contribution in [0.4, 0.5) is 11.4 Å². The average Bonchev–Trinajstić information content (AvgIpc) is 2.29. The van der Waals surface area contributed by atoms with Crippen molar-refractivity contribution in [2.45, 2.75) is 13.0 Å². The number of carbonyl (C=O) groups is 1. The molecular weight excluding hydrogens is 273 g/mol. The summed E-state index contributed by atoms with van der Waals surface area (Å²) in [4.78, 5) is 15.9. The van der Waals surface area contributed by atoms with Gasteiger partial charge < -0.3 is 15.5 Å². The SMILES string of the molecule is CC(N)C(=O)N1CCN(C)c2ccccc21.Cl.Cl. The van der Waals surface area contributed by atoms with Gasteiger partial charge in [-0.25, -0.2) is 0 Å². The topological polar surface area (TPSA) is 49.6 Å². The number of hydrogen-bond acceptors (Lipinski definition) is 3. The Hall–Kier alpha value is -0.970. The standard InChI is InChI=1S/C12H17N3O.2ClH/c1-9(13)12(16)15-8-7-14(2)10-5-3-4-6-11(10)15;;/h3-6,9H,7-8,13H2,1-2H3;2*1H. The number of fused-ring (bicyclic) bond motifs is 1. The molecule has 0 aromatic heterocycles. The van der Waals surface area contributed by atoms with Crippen molar-refractivity contribution in [3.63, 3.8) is 0 Å². The van der Waals surface area contributed by atoms with Crippen LogP contribution in [0, 0.1) is 0 Å². The number of benzene rings is 1. The maximum Gasteiger partial charge on any atom is 0.243 e. The van der Waals surface area contributed by atoms with E-state index in [1.807, 2.05) is 31.3 Å². The summed E-state index contributed by atoms with van der Waals surface area (Å²) >= 11 is 0. The summed E-state index contributed by atoms with van der Waals surface area (Å²) in [6.07, 6.45) is 0. The Morgan fingerprint density at radius 3 is 2.33 bits per heavy atom. The summed E-state index contributed by atoms with van der Waals surface area (Å²) in [7, 11) is 2.03. The van der Waals surface area contributed by atoms with E-state index in [2.05, 4.69) is 4.90 Å². The molecule has 0 bridgehead atoms. The van der Waals surface area contributed by atoms with E-state index in [0.29, 0.717) is 6.54 Å². The van der Waals surface area contributed by atoms with Crippen LogP contribution in [0.25, 0.3) is 0 Å². The highest BCUT2D eigenvalue weighted by Gasteiger charge is 2.26. The molecule has 1 heterocycles. The first-order valence-electron chi connectivity index (χ1n) is 5.48. The van der Waals surface area contributed by atoms with Crippen LogP contribution < -0.4 is 15.5 Å². The number of amides is 1. The Kier molecular flexibility index (Phi) is 6.46. The van der Waals surface area contributed by atoms with E-state index in [1.54, 1.807) is 11.8 Å². The van der Waals surface area contributed by atoms with Crippen molar-refractivity contribution in [2.75, 3.05) is 29.9 Å². The van der Waals surface area contributed by atoms with Gasteiger partial charge in [-0.2, -0.15) is 0 Å². The van der Waals surface area contributed by atoms with E-state index in [1.165, 1.54) is 0 Å². The third-order valence-electron chi connectivity index (χ3n) is 2.90. The van der Waals surface area contributed by atoms with Crippen LogP contribution in [0.1, 0.15) is 6.92 Å². The highest BCUT2D eigenvalue weighted by Crippen LogP contribution is 2.31. The van der Waals surface area contributed by atoms with Crippen LogP contribution in [-0.2, 0) is 4.79 Å². The quantitative estimate of drug-likeness (QED) is 0.856. The van der Waals surface area contributed by atoms with E-state index >= 15 is 0 Å². The minimum absolute atomic E-state index is 0. The van der Waals surface area contributed by atoms with Gasteiger partial charge in [0, 0.05) is 20.1 Å². The normalized spacial score (nSPS) is 15.1. The first kappa shape index (κ1) is 17.0. The lowest BCUT2D eigenvalue weighted by atomic mass is 10.1. The van der Waals surface area contributed by atoms with Crippen LogP contribution in [0.3, 0.4) is 0 Å². The number of carbonyl (C=O) groups excluding carboxylic acids is 1. The minimum Gasteiger partial charge on any atom is -0.371 e. The molecule has 6 heteroatoms. The first-order chi connectivity index (χ1) is 7.61. The Balaban J connectivity index is 0.00000144. The van der Waals surface area contributed by atoms with E-state index in [4.69, 9.17) is 5.73 Å². The molecule has 1 amide bonds. The van der Waals surface area contributed by atoms with Gasteiger partial charge in [0.1, 0.15) is 0 Å². The lowest BCUT2D eigenvalue weighted by molar-refractivity contribution is -0.119. The predicted octanol–water partition coefficient (Wildman–Crippen LogP) is 1.66. The molecule has 1 unspecified atom stereocenters. The Morgan fingerprint density at radius 2 is 1.78 bits per heavy atom. The molecular formula is C12H19Cl2N3O. The van der Waals surface area contributed by atoms with Gasteiger partial charge in [-0.3, -0.25) is 4.79 Å². The molecule has 18 heavy (non-hydrogen) atoms. The molecule has 0 saturated carbocycles. The minimum atomic E-state index is -0.448. The fraction of sp³-hybridized carbons (Fsp3) is 0.417. The van der Waals surface area contributed by atoms with Crippen molar-refractivity contribution in [3.8, 4) is 0 Å². The second-order valence-corrected chi connectivity index (χ2v) is 4.19. The van der Waals surface area contributed by atoms with E-state index in [0.717, 1.165) is 17.9 Å². The van der Waals surface area contributed by atoms with Crippen molar-refractivity contribution >= 4 is 42.1 Å². The van der Waals surface area contributed by atoms with E-state index in [-0.39, 0.29) is 30.7 Å². The molecule has 102 valence electrons. The smallest absolute Gasteiger partial charge is 0.243 e. The molecule has 1 atom stereocenters. The highest BCUT2D eigenvalue weighted by atomic mass is 35.5. The monoisotopic (exact) mass is 291 g/mol. The largest absolute Gasteiger partial charge is 0.371 e. The number of hydrogen-bond donors (Lipinski definition) is 1. The van der Waals surface area contributed by atoms with Gasteiger partial charge in [-0.1, -0.05) is 12.1 Å². The van der Waals surface area contributed by atoms with Gasteiger partial charge in [-0.15, -0.1) is 24.8 Å². The maximum absolute atomic E-state index is 11.9. The van der Waals surface area contributed by atoms with Gasteiger partial charge >= 0.3 is 0 Å². The molecule has 0 fully saturated rings. The Morgan fingerprint density at radius 1 is 1.22 bits per heavy atom. The number of halogens is 2. The fourth-order valence-electron chi connectivity index (χ4n) is 1.98. The third kappa shape index (κ3) is 3.07. The molecule has 0 spiro atoms. The molecule has 2 N–H and O–H groups in total. The second-order valence-electron chi connectivity index (χ2n) is 4.19. The number of nitrogens with zero attached hydrogens (tertiary/aromatic N) is 2. The first-order valence-corrected chi connectivity index (χ1v) is 5.48. The summed E-state index contributed by atoms with van der Waals surface area (Å²) in [5.41, 5.74) is 7.70. The zero-order valence-corrected chi connectivity index (χ0v) is 12.1. The number of nitrogens with two attached hydrogens (primary N) is 1. The number of rotatable bonds is 1. The number of anilines is 2. The zero-order chi connectivity index (χ0) is 11.7. The van der Waals surface area contributed by atoms with Crippen LogP contribution >= 0.6 is 24.8 Å². The molecule has 1 aliphatic heterocycles. The molecule has 1 aromatic carbocycles. The van der Waals surface area contributed by atoms with Crippen LogP contribution in [-0.4, -0.2) is 32.1 Å². The third-order valence-corrected chi connectivity index (χ3v) is 2.90. The van der Waals surface area contributed by atoms with Crippen molar-refractivity contribution < 1.29 is 4.79 Å². The Labute approximate surface area is 120 Å². The molecule has 0 aliphatic carbocycles. The molecule has 4 nitrogen and oxygen atoms in total. The van der Waals surface area contributed by atoms with Gasteiger partial charge in [0.05, 0.1) is 17.4 Å². The lowest BCUT2D eigenvalue weighted by Gasteiger charge is -2.36. The molecule has 1 aliphatic rings. The molecule has 0 radical (unpaired) electrons. The lowest BCUT2D eigenvalue weighted by Crippen LogP contribution is -2.48. The predicted molar refractivity (Wildman–Crippen MR) is 80.2 cm³/mol. The highest BCUT2D eigenvalue weighted by molar-refractivity contribution is 6.00. The van der Waals surface area contributed by atoms with Crippen LogP contribution in [0.15, 0.2) is 24.3 Å². The average molecular weight is 292 g/mol. The maximum atomic E-state index is 11.9. The molecule has 2 rings (SSSR count). The van der Waals surface area contributed by atoms with Crippen LogP contribution in [0.2, 0.25) is 0 Å². The zero-order valence-electron chi connectivity index (χ0n) is 10.5. The summed E-state index contributed by atoms with van der Waals surface area (Å²) in [6.45, 7) is 3.27. The van der Waals surface area contributed by atoms with E-state index in [9.17, 15) is 4.79 Å². The van der Waals surface area contributed by atoms with Crippen molar-refractivity contribution in [1.82, 2.24) is 0 Å². The summed E-state index contributed by atoms with van der Waals surface area (Å²) in [5.74, 6) is -0.0134. The van der Waals surface area contributed by atoms with E-state index < -0.39 is 6.04 Å². The molecule has 1 aromatic rings. The van der Waals surface area contributed by atoms with Gasteiger partial charge in [0.2, 0.25) is 5.91 Å². The van der Waals surface area contributed by atoms with Crippen molar-refractivity contribution in [1.29, 1.82) is 0 Å². The Bertz CT molecular complexity index is 412. The van der Waals surface area contributed by atoms with Crippen LogP contribution in [0.5, 0.6) is 0 Å². The number of likely N-dealkylation sites (N-methyl/N-ethyl adjacent to an activating group) is 1. The summed E-state index contributed by atoms with van der Waals surface area (Å²) in [5, 5.41) is 0. The van der Waals surface area contributed by atoms with Gasteiger partial charge in [-0.05, 0) is 19.1 Å². The van der Waals surface area contributed by atoms with Gasteiger partial charge in [0.15, 0.2) is 0 Å².